The first-order valence-corrected chi connectivity index (χ1v) is 11.3. The highest BCUT2D eigenvalue weighted by molar-refractivity contribution is 7.98. The lowest BCUT2D eigenvalue weighted by Gasteiger charge is -2.14. The summed E-state index contributed by atoms with van der Waals surface area (Å²) in [7, 11) is 1.76. The molecule has 0 radical (unpaired) electrons. The first kappa shape index (κ1) is 23.3. The molecule has 29 heavy (non-hydrogen) atoms. The molecule has 2 aromatic heterocycles. The van der Waals surface area contributed by atoms with Gasteiger partial charge in [-0.3, -0.25) is 4.99 Å². The van der Waals surface area contributed by atoms with Crippen LogP contribution in [0.2, 0.25) is 0 Å². The van der Waals surface area contributed by atoms with Crippen molar-refractivity contribution < 1.29 is 4.42 Å². The van der Waals surface area contributed by atoms with Gasteiger partial charge < -0.3 is 19.6 Å². The zero-order chi connectivity index (χ0) is 21.4. The summed E-state index contributed by atoms with van der Waals surface area (Å²) in [6.45, 7) is 13.0. The van der Waals surface area contributed by atoms with E-state index in [0.717, 1.165) is 48.6 Å². The molecule has 2 heterocycles. The third kappa shape index (κ3) is 7.06. The monoisotopic (exact) mass is 421 g/mol. The fraction of sp³-hybridized carbons (Fsp3) is 0.700. The van der Waals surface area contributed by atoms with Gasteiger partial charge in [-0.05, 0) is 18.6 Å². The topological polar surface area (TPSA) is 93.2 Å². The Morgan fingerprint density at radius 1 is 1.28 bits per heavy atom. The predicted octanol–water partition coefficient (Wildman–Crippen LogP) is 3.24. The Balaban J connectivity index is 1.79. The van der Waals surface area contributed by atoms with Crippen LogP contribution in [0.4, 0.5) is 0 Å². The lowest BCUT2D eigenvalue weighted by atomic mass is 9.94. The lowest BCUT2D eigenvalue weighted by molar-refractivity contribution is 0.379. The van der Waals surface area contributed by atoms with Crippen LogP contribution in [0.15, 0.2) is 20.8 Å². The zero-order valence-electron chi connectivity index (χ0n) is 18.7. The molecule has 0 saturated carbocycles. The van der Waals surface area contributed by atoms with Crippen molar-refractivity contribution in [3.8, 4) is 0 Å². The molecule has 0 spiro atoms. The van der Waals surface area contributed by atoms with E-state index >= 15 is 0 Å². The zero-order valence-corrected chi connectivity index (χ0v) is 19.6. The van der Waals surface area contributed by atoms with E-state index in [1.54, 1.807) is 25.0 Å². The summed E-state index contributed by atoms with van der Waals surface area (Å²) >= 11 is 1.64. The van der Waals surface area contributed by atoms with E-state index < -0.39 is 0 Å². The summed E-state index contributed by atoms with van der Waals surface area (Å²) in [6.07, 6.45) is 5.65. The van der Waals surface area contributed by atoms with E-state index in [0.29, 0.717) is 18.4 Å². The van der Waals surface area contributed by atoms with Crippen molar-refractivity contribution in [1.82, 2.24) is 30.4 Å². The Kier molecular flexibility index (Phi) is 8.55. The minimum Gasteiger partial charge on any atom is -0.443 e. The van der Waals surface area contributed by atoms with Gasteiger partial charge in [0.1, 0.15) is 11.6 Å². The molecule has 0 aromatic carbocycles. The van der Waals surface area contributed by atoms with Gasteiger partial charge in [0.25, 0.3) is 0 Å². The van der Waals surface area contributed by atoms with Gasteiger partial charge in [-0.2, -0.15) is 0 Å². The van der Waals surface area contributed by atoms with E-state index in [9.17, 15) is 0 Å². The van der Waals surface area contributed by atoms with Crippen molar-refractivity contribution in [2.24, 2.45) is 10.9 Å². The van der Waals surface area contributed by atoms with Gasteiger partial charge in [-0.1, -0.05) is 46.4 Å². The van der Waals surface area contributed by atoms with Crippen LogP contribution in [0, 0.1) is 5.92 Å². The van der Waals surface area contributed by atoms with Crippen molar-refractivity contribution in [3.05, 3.63) is 23.7 Å². The maximum atomic E-state index is 5.81. The van der Waals surface area contributed by atoms with E-state index in [1.165, 1.54) is 0 Å². The Morgan fingerprint density at radius 2 is 2.03 bits per heavy atom. The van der Waals surface area contributed by atoms with Crippen LogP contribution in [0.25, 0.3) is 0 Å². The number of thioether (sulfide) groups is 1. The number of aryl methyl sites for hydroxylation is 1. The van der Waals surface area contributed by atoms with Crippen LogP contribution in [0.1, 0.15) is 58.5 Å². The largest absolute Gasteiger partial charge is 0.443 e. The second-order valence-electron chi connectivity index (χ2n) is 8.43. The molecule has 0 unspecified atom stereocenters. The van der Waals surface area contributed by atoms with E-state index in [-0.39, 0.29) is 5.41 Å². The van der Waals surface area contributed by atoms with Crippen LogP contribution in [0.3, 0.4) is 0 Å². The highest BCUT2D eigenvalue weighted by Gasteiger charge is 2.19. The standard InChI is InChI=1S/C20H35N7OS/c1-14(2)13-27-16(25-26-19(27)29-7)9-8-10-22-18(21-6)24-12-17-23-11-15(28-17)20(3,4)5/h11,14H,8-10,12-13H2,1-7H3,(H2,21,22,24). The van der Waals surface area contributed by atoms with Gasteiger partial charge in [-0.25, -0.2) is 4.98 Å². The second-order valence-corrected chi connectivity index (χ2v) is 9.21. The number of nitrogens with one attached hydrogen (secondary N) is 2. The van der Waals surface area contributed by atoms with E-state index in [2.05, 4.69) is 70.0 Å². The van der Waals surface area contributed by atoms with Gasteiger partial charge in [0, 0.05) is 32.0 Å². The number of hydrogen-bond donors (Lipinski definition) is 2. The summed E-state index contributed by atoms with van der Waals surface area (Å²) in [5, 5.41) is 16.2. The van der Waals surface area contributed by atoms with Crippen molar-refractivity contribution >= 4 is 17.7 Å². The molecular weight excluding hydrogens is 386 g/mol. The van der Waals surface area contributed by atoms with Crippen molar-refractivity contribution in [2.45, 2.75) is 71.1 Å². The van der Waals surface area contributed by atoms with Crippen LogP contribution < -0.4 is 10.6 Å². The highest BCUT2D eigenvalue weighted by atomic mass is 32.2. The summed E-state index contributed by atoms with van der Waals surface area (Å²) in [6, 6.07) is 0. The number of guanidine groups is 1. The molecule has 9 heteroatoms. The fourth-order valence-corrected chi connectivity index (χ4v) is 3.30. The lowest BCUT2D eigenvalue weighted by Crippen LogP contribution is -2.37. The van der Waals surface area contributed by atoms with Crippen LogP contribution in [-0.4, -0.2) is 45.6 Å². The fourth-order valence-electron chi connectivity index (χ4n) is 2.78. The number of aliphatic imine (C=N–C) groups is 1. The first-order valence-electron chi connectivity index (χ1n) is 10.1. The molecule has 0 aliphatic carbocycles. The molecule has 0 amide bonds. The molecule has 0 aliphatic heterocycles. The number of nitrogens with zero attached hydrogens (tertiary/aromatic N) is 5. The van der Waals surface area contributed by atoms with Gasteiger partial charge in [0.15, 0.2) is 11.1 Å². The molecule has 0 atom stereocenters. The van der Waals surface area contributed by atoms with Crippen LogP contribution in [-0.2, 0) is 24.9 Å². The predicted molar refractivity (Wildman–Crippen MR) is 118 cm³/mol. The second kappa shape index (κ2) is 10.7. The minimum atomic E-state index is -0.0442. The molecule has 2 aromatic rings. The summed E-state index contributed by atoms with van der Waals surface area (Å²) in [4.78, 5) is 8.60. The van der Waals surface area contributed by atoms with Crippen LogP contribution >= 0.6 is 11.8 Å². The molecule has 2 rings (SSSR count). The quantitative estimate of drug-likeness (QED) is 0.278. The van der Waals surface area contributed by atoms with E-state index in [4.69, 9.17) is 4.42 Å². The summed E-state index contributed by atoms with van der Waals surface area (Å²) in [5.41, 5.74) is -0.0442. The molecule has 0 saturated heterocycles. The molecule has 8 nitrogen and oxygen atoms in total. The molecule has 0 aliphatic rings. The Hall–Kier alpha value is -2.03. The third-order valence-electron chi connectivity index (χ3n) is 4.32. The third-order valence-corrected chi connectivity index (χ3v) is 4.98. The maximum absolute atomic E-state index is 5.81. The Bertz CT molecular complexity index is 789. The SMILES string of the molecule is CN=C(NCCCc1nnc(SC)n1CC(C)C)NCc1ncc(C(C)(C)C)o1. The average Bonchev–Trinajstić information content (AvgIpc) is 3.28. The van der Waals surface area contributed by atoms with Crippen molar-refractivity contribution in [2.75, 3.05) is 19.8 Å². The van der Waals surface area contributed by atoms with Crippen molar-refractivity contribution in [1.29, 1.82) is 0 Å². The summed E-state index contributed by atoms with van der Waals surface area (Å²) in [5.74, 6) is 3.87. The number of aromatic nitrogens is 4. The Labute approximate surface area is 178 Å². The normalized spacial score (nSPS) is 12.6. The van der Waals surface area contributed by atoms with Gasteiger partial charge >= 0.3 is 0 Å². The van der Waals surface area contributed by atoms with Gasteiger partial charge in [0.05, 0.1) is 12.7 Å². The highest BCUT2D eigenvalue weighted by Crippen LogP contribution is 2.22. The molecule has 0 bridgehead atoms. The van der Waals surface area contributed by atoms with E-state index in [1.807, 2.05) is 6.26 Å². The number of rotatable bonds is 9. The average molecular weight is 422 g/mol. The van der Waals surface area contributed by atoms with Gasteiger partial charge in [-0.15, -0.1) is 10.2 Å². The minimum absolute atomic E-state index is 0.0442. The first-order chi connectivity index (χ1) is 13.7. The molecular formula is C20H35N7OS. The van der Waals surface area contributed by atoms with Crippen molar-refractivity contribution in [3.63, 3.8) is 0 Å². The molecule has 162 valence electrons. The number of oxazole rings is 1. The Morgan fingerprint density at radius 3 is 2.62 bits per heavy atom. The van der Waals surface area contributed by atoms with Gasteiger partial charge in [0.2, 0.25) is 5.89 Å². The smallest absolute Gasteiger partial charge is 0.213 e. The maximum Gasteiger partial charge on any atom is 0.213 e. The number of hydrogen-bond acceptors (Lipinski definition) is 6. The molecule has 2 N–H and O–H groups in total. The van der Waals surface area contributed by atoms with Crippen LogP contribution in [0.5, 0.6) is 0 Å². The summed E-state index contributed by atoms with van der Waals surface area (Å²) < 4.78 is 8.04. The molecule has 0 fully saturated rings.